The average molecular weight is 336 g/mol. The van der Waals surface area contributed by atoms with Crippen LogP contribution in [0.4, 0.5) is 5.82 Å². The number of methoxy groups -OCH3 is 1. The Morgan fingerprint density at radius 3 is 2.88 bits per heavy atom. The second kappa shape index (κ2) is 7.67. The third-order valence-corrected chi connectivity index (χ3v) is 4.31. The number of amides is 1. The number of carbonyl (C=O) groups is 1. The molecule has 0 atom stereocenters. The van der Waals surface area contributed by atoms with Crippen molar-refractivity contribution in [3.8, 4) is 11.8 Å². The molecule has 1 fully saturated rings. The van der Waals surface area contributed by atoms with Gasteiger partial charge in [-0.05, 0) is 36.8 Å². The molecule has 2 heterocycles. The zero-order valence-electron chi connectivity index (χ0n) is 14.2. The van der Waals surface area contributed by atoms with Gasteiger partial charge in [-0.25, -0.2) is 4.98 Å². The Balaban J connectivity index is 1.73. The van der Waals surface area contributed by atoms with E-state index >= 15 is 0 Å². The third-order valence-electron chi connectivity index (χ3n) is 4.31. The molecule has 1 aliphatic rings. The maximum absolute atomic E-state index is 12.8. The molecule has 0 aliphatic carbocycles. The van der Waals surface area contributed by atoms with E-state index in [4.69, 9.17) is 4.74 Å². The standard InChI is InChI=1S/C19H20N4O2/c1-25-17-7-2-5-15(13-17)19(24)23-10-4-9-22(11-12-23)18-16(14-20)6-3-8-21-18/h2-3,5-8,13H,4,9-12H2,1H3. The van der Waals surface area contributed by atoms with Crippen LogP contribution in [0.3, 0.4) is 0 Å². The molecular formula is C19H20N4O2. The number of carbonyl (C=O) groups excluding carboxylic acids is 1. The molecule has 128 valence electrons. The fourth-order valence-electron chi connectivity index (χ4n) is 3.01. The molecule has 0 unspecified atom stereocenters. The lowest BCUT2D eigenvalue weighted by molar-refractivity contribution is 0.0766. The molecule has 6 nitrogen and oxygen atoms in total. The number of nitriles is 1. The number of rotatable bonds is 3. The normalized spacial score (nSPS) is 14.6. The van der Waals surface area contributed by atoms with Crippen LogP contribution in [0, 0.1) is 11.3 Å². The first-order valence-electron chi connectivity index (χ1n) is 8.26. The van der Waals surface area contributed by atoms with Gasteiger partial charge >= 0.3 is 0 Å². The van der Waals surface area contributed by atoms with Crippen molar-refractivity contribution in [1.29, 1.82) is 5.26 Å². The number of ether oxygens (including phenoxy) is 1. The molecule has 0 saturated carbocycles. The number of nitrogens with zero attached hydrogens (tertiary/aromatic N) is 4. The van der Waals surface area contributed by atoms with Crippen LogP contribution >= 0.6 is 0 Å². The van der Waals surface area contributed by atoms with E-state index in [1.165, 1.54) is 0 Å². The van der Waals surface area contributed by atoms with Crippen LogP contribution in [-0.2, 0) is 0 Å². The van der Waals surface area contributed by atoms with E-state index < -0.39 is 0 Å². The van der Waals surface area contributed by atoms with Crippen LogP contribution in [0.15, 0.2) is 42.6 Å². The molecule has 1 aromatic carbocycles. The molecule has 2 aromatic rings. The summed E-state index contributed by atoms with van der Waals surface area (Å²) in [5, 5.41) is 9.26. The number of anilines is 1. The predicted molar refractivity (Wildman–Crippen MR) is 94.7 cm³/mol. The predicted octanol–water partition coefficient (Wildman–Crippen LogP) is 2.31. The Hall–Kier alpha value is -3.07. The van der Waals surface area contributed by atoms with Gasteiger partial charge < -0.3 is 14.5 Å². The number of hydrogen-bond donors (Lipinski definition) is 0. The molecule has 6 heteroatoms. The second-order valence-electron chi connectivity index (χ2n) is 5.85. The summed E-state index contributed by atoms with van der Waals surface area (Å²) in [6.07, 6.45) is 2.53. The highest BCUT2D eigenvalue weighted by atomic mass is 16.5. The minimum Gasteiger partial charge on any atom is -0.497 e. The van der Waals surface area contributed by atoms with Crippen molar-refractivity contribution in [2.24, 2.45) is 0 Å². The van der Waals surface area contributed by atoms with Gasteiger partial charge in [0.2, 0.25) is 0 Å². The maximum Gasteiger partial charge on any atom is 0.254 e. The van der Waals surface area contributed by atoms with Crippen molar-refractivity contribution >= 4 is 11.7 Å². The lowest BCUT2D eigenvalue weighted by Crippen LogP contribution is -2.35. The third kappa shape index (κ3) is 3.72. The molecule has 1 amide bonds. The van der Waals surface area contributed by atoms with Crippen LogP contribution < -0.4 is 9.64 Å². The van der Waals surface area contributed by atoms with Gasteiger partial charge in [0.1, 0.15) is 17.6 Å². The van der Waals surface area contributed by atoms with Gasteiger partial charge in [0.15, 0.2) is 0 Å². The summed E-state index contributed by atoms with van der Waals surface area (Å²) >= 11 is 0. The topological polar surface area (TPSA) is 69.5 Å². The SMILES string of the molecule is COc1cccc(C(=O)N2CCCN(c3ncccc3C#N)CC2)c1. The molecular weight excluding hydrogens is 316 g/mol. The lowest BCUT2D eigenvalue weighted by atomic mass is 10.2. The first-order valence-corrected chi connectivity index (χ1v) is 8.26. The van der Waals surface area contributed by atoms with Gasteiger partial charge in [0.25, 0.3) is 5.91 Å². The molecule has 0 radical (unpaired) electrons. The Labute approximate surface area is 147 Å². The van der Waals surface area contributed by atoms with E-state index in [-0.39, 0.29) is 5.91 Å². The van der Waals surface area contributed by atoms with E-state index in [0.29, 0.717) is 42.3 Å². The highest BCUT2D eigenvalue weighted by molar-refractivity contribution is 5.94. The highest BCUT2D eigenvalue weighted by Gasteiger charge is 2.22. The quantitative estimate of drug-likeness (QED) is 0.860. The summed E-state index contributed by atoms with van der Waals surface area (Å²) in [6.45, 7) is 2.70. The van der Waals surface area contributed by atoms with Gasteiger partial charge in [-0.15, -0.1) is 0 Å². The Kier molecular flexibility index (Phi) is 5.14. The zero-order valence-corrected chi connectivity index (χ0v) is 14.2. The van der Waals surface area contributed by atoms with Gasteiger partial charge in [-0.2, -0.15) is 5.26 Å². The van der Waals surface area contributed by atoms with E-state index in [2.05, 4.69) is 16.0 Å². The summed E-state index contributed by atoms with van der Waals surface area (Å²) in [7, 11) is 1.59. The van der Waals surface area contributed by atoms with Crippen LogP contribution in [-0.4, -0.2) is 49.1 Å². The van der Waals surface area contributed by atoms with Crippen LogP contribution in [0.2, 0.25) is 0 Å². The fourth-order valence-corrected chi connectivity index (χ4v) is 3.01. The van der Waals surface area contributed by atoms with Crippen molar-refractivity contribution in [2.45, 2.75) is 6.42 Å². The van der Waals surface area contributed by atoms with Crippen molar-refractivity contribution in [1.82, 2.24) is 9.88 Å². The summed E-state index contributed by atoms with van der Waals surface area (Å²) in [6, 6.07) is 12.9. The van der Waals surface area contributed by atoms with Crippen molar-refractivity contribution in [3.05, 3.63) is 53.7 Å². The first-order chi connectivity index (χ1) is 12.2. The molecule has 1 aromatic heterocycles. The van der Waals surface area contributed by atoms with E-state index in [0.717, 1.165) is 13.0 Å². The Morgan fingerprint density at radius 1 is 1.20 bits per heavy atom. The first kappa shape index (κ1) is 16.8. The number of aromatic nitrogens is 1. The number of hydrogen-bond acceptors (Lipinski definition) is 5. The van der Waals surface area contributed by atoms with Crippen LogP contribution in [0.25, 0.3) is 0 Å². The second-order valence-corrected chi connectivity index (χ2v) is 5.85. The summed E-state index contributed by atoms with van der Waals surface area (Å²) in [4.78, 5) is 21.1. The molecule has 0 bridgehead atoms. The zero-order chi connectivity index (χ0) is 17.6. The fraction of sp³-hybridized carbons (Fsp3) is 0.316. The summed E-state index contributed by atoms with van der Waals surface area (Å²) in [5.74, 6) is 1.37. The van der Waals surface area contributed by atoms with Crippen molar-refractivity contribution < 1.29 is 9.53 Å². The molecule has 25 heavy (non-hydrogen) atoms. The molecule has 1 aliphatic heterocycles. The van der Waals surface area contributed by atoms with Gasteiger partial charge in [0, 0.05) is 37.9 Å². The largest absolute Gasteiger partial charge is 0.497 e. The highest BCUT2D eigenvalue weighted by Crippen LogP contribution is 2.20. The molecule has 0 N–H and O–H groups in total. The van der Waals surface area contributed by atoms with Crippen LogP contribution in [0.5, 0.6) is 5.75 Å². The molecule has 1 saturated heterocycles. The smallest absolute Gasteiger partial charge is 0.254 e. The van der Waals surface area contributed by atoms with Gasteiger partial charge in [0.05, 0.1) is 12.7 Å². The van der Waals surface area contributed by atoms with Crippen LogP contribution in [0.1, 0.15) is 22.3 Å². The van der Waals surface area contributed by atoms with Crippen molar-refractivity contribution in [2.75, 3.05) is 38.2 Å². The number of benzene rings is 1. The minimum atomic E-state index is 0.00211. The summed E-state index contributed by atoms with van der Waals surface area (Å²) < 4.78 is 5.20. The van der Waals surface area contributed by atoms with Crippen molar-refractivity contribution in [3.63, 3.8) is 0 Å². The summed E-state index contributed by atoms with van der Waals surface area (Å²) in [5.41, 5.74) is 1.19. The lowest BCUT2D eigenvalue weighted by Gasteiger charge is -2.23. The molecule has 3 rings (SSSR count). The van der Waals surface area contributed by atoms with Gasteiger partial charge in [-0.1, -0.05) is 6.07 Å². The average Bonchev–Trinajstić information content (AvgIpc) is 2.93. The maximum atomic E-state index is 12.8. The Morgan fingerprint density at radius 2 is 2.08 bits per heavy atom. The minimum absolute atomic E-state index is 0.00211. The van der Waals surface area contributed by atoms with E-state index in [1.807, 2.05) is 17.0 Å². The van der Waals surface area contributed by atoms with E-state index in [9.17, 15) is 10.1 Å². The van der Waals surface area contributed by atoms with Gasteiger partial charge in [-0.3, -0.25) is 4.79 Å². The van der Waals surface area contributed by atoms with E-state index in [1.54, 1.807) is 37.6 Å². The Bertz CT molecular complexity index is 800. The monoisotopic (exact) mass is 336 g/mol. The molecule has 0 spiro atoms. The number of pyridine rings is 1.